The van der Waals surface area contributed by atoms with Crippen molar-refractivity contribution < 1.29 is 13.2 Å². The van der Waals surface area contributed by atoms with Crippen molar-refractivity contribution in [3.63, 3.8) is 0 Å². The molecule has 2 heterocycles. The van der Waals surface area contributed by atoms with E-state index in [0.29, 0.717) is 18.5 Å². The molecule has 1 N–H and O–H groups in total. The molecule has 0 aromatic carbocycles. The number of nitrogens with one attached hydrogen (secondary N) is 1. The van der Waals surface area contributed by atoms with E-state index < -0.39 is 17.6 Å². The van der Waals surface area contributed by atoms with Crippen molar-refractivity contribution in [2.24, 2.45) is 5.92 Å². The van der Waals surface area contributed by atoms with Crippen LogP contribution in [0.1, 0.15) is 6.42 Å². The van der Waals surface area contributed by atoms with Crippen LogP contribution in [-0.4, -0.2) is 36.6 Å². The zero-order valence-electron chi connectivity index (χ0n) is 9.51. The number of likely N-dealkylation sites (tertiary alicyclic amines) is 1. The first-order valence-electron chi connectivity index (χ1n) is 5.50. The first-order chi connectivity index (χ1) is 8.06. The maximum atomic E-state index is 13.2. The van der Waals surface area contributed by atoms with Crippen LogP contribution in [0.5, 0.6) is 0 Å². The minimum atomic E-state index is -1.28. The van der Waals surface area contributed by atoms with Crippen LogP contribution in [0.25, 0.3) is 0 Å². The summed E-state index contributed by atoms with van der Waals surface area (Å²) in [7, 11) is 2.01. The number of anilines is 1. The fraction of sp³-hybridized carbons (Fsp3) is 0.545. The highest BCUT2D eigenvalue weighted by Crippen LogP contribution is 2.18. The predicted molar refractivity (Wildman–Crippen MR) is 58.2 cm³/mol. The second kappa shape index (κ2) is 4.91. The zero-order chi connectivity index (χ0) is 12.4. The molecule has 3 nitrogen and oxygen atoms in total. The van der Waals surface area contributed by atoms with E-state index in [-0.39, 0.29) is 5.82 Å². The molecule has 0 radical (unpaired) electrons. The lowest BCUT2D eigenvalue weighted by atomic mass is 10.1. The highest BCUT2D eigenvalue weighted by atomic mass is 19.2. The Labute approximate surface area is 97.6 Å². The van der Waals surface area contributed by atoms with Crippen LogP contribution in [0.2, 0.25) is 0 Å². The molecule has 94 valence electrons. The Hall–Kier alpha value is -1.30. The van der Waals surface area contributed by atoms with E-state index in [9.17, 15) is 13.2 Å². The summed E-state index contributed by atoms with van der Waals surface area (Å²) in [6, 6.07) is 0.505. The van der Waals surface area contributed by atoms with Gasteiger partial charge in [-0.25, -0.2) is 8.78 Å². The summed E-state index contributed by atoms with van der Waals surface area (Å²) in [5.41, 5.74) is 0. The molecule has 1 aliphatic heterocycles. The summed E-state index contributed by atoms with van der Waals surface area (Å²) >= 11 is 0. The van der Waals surface area contributed by atoms with Gasteiger partial charge in [0.05, 0.1) is 0 Å². The van der Waals surface area contributed by atoms with Crippen molar-refractivity contribution in [2.45, 2.75) is 6.42 Å². The van der Waals surface area contributed by atoms with Crippen molar-refractivity contribution in [1.82, 2.24) is 9.88 Å². The molecule has 1 aliphatic rings. The number of pyridine rings is 1. The van der Waals surface area contributed by atoms with Gasteiger partial charge in [0.2, 0.25) is 0 Å². The van der Waals surface area contributed by atoms with Crippen LogP contribution in [0.4, 0.5) is 19.0 Å². The van der Waals surface area contributed by atoms with E-state index >= 15 is 0 Å². The summed E-state index contributed by atoms with van der Waals surface area (Å²) in [5.74, 6) is -3.26. The van der Waals surface area contributed by atoms with E-state index in [2.05, 4.69) is 15.2 Å². The third-order valence-electron chi connectivity index (χ3n) is 2.93. The van der Waals surface area contributed by atoms with Gasteiger partial charge in [-0.1, -0.05) is 0 Å². The van der Waals surface area contributed by atoms with Gasteiger partial charge in [0.1, 0.15) is 0 Å². The third-order valence-corrected chi connectivity index (χ3v) is 2.93. The average molecular weight is 245 g/mol. The van der Waals surface area contributed by atoms with Crippen molar-refractivity contribution in [1.29, 1.82) is 0 Å². The Bertz CT molecular complexity index is 411. The Morgan fingerprint density at radius 3 is 2.82 bits per heavy atom. The maximum absolute atomic E-state index is 13.2. The normalized spacial score (nSPS) is 20.8. The van der Waals surface area contributed by atoms with Gasteiger partial charge >= 0.3 is 0 Å². The van der Waals surface area contributed by atoms with Gasteiger partial charge < -0.3 is 10.2 Å². The monoisotopic (exact) mass is 245 g/mol. The number of rotatable bonds is 3. The second-order valence-electron chi connectivity index (χ2n) is 4.39. The molecular weight excluding hydrogens is 231 g/mol. The molecule has 0 saturated carbocycles. The third kappa shape index (κ3) is 2.88. The summed E-state index contributed by atoms with van der Waals surface area (Å²) < 4.78 is 38.7. The van der Waals surface area contributed by atoms with Gasteiger partial charge in [-0.3, -0.25) is 0 Å². The largest absolute Gasteiger partial charge is 0.367 e. The highest BCUT2D eigenvalue weighted by molar-refractivity contribution is 5.36. The van der Waals surface area contributed by atoms with Crippen LogP contribution >= 0.6 is 0 Å². The zero-order valence-corrected chi connectivity index (χ0v) is 9.51. The molecule has 0 spiro atoms. The van der Waals surface area contributed by atoms with Crippen LogP contribution in [0, 0.1) is 23.5 Å². The molecule has 1 aromatic rings. The molecule has 1 atom stereocenters. The van der Waals surface area contributed by atoms with Gasteiger partial charge in [-0.05, 0) is 25.9 Å². The number of nitrogens with zero attached hydrogens (tertiary/aromatic N) is 2. The molecular formula is C11H14F3N3. The van der Waals surface area contributed by atoms with E-state index in [1.54, 1.807) is 0 Å². The number of aromatic nitrogens is 1. The Balaban J connectivity index is 1.97. The lowest BCUT2D eigenvalue weighted by molar-refractivity contribution is 0.398. The van der Waals surface area contributed by atoms with E-state index in [1.807, 2.05) is 7.05 Å². The lowest BCUT2D eigenvalue weighted by Crippen LogP contribution is -2.20. The molecule has 0 amide bonds. The van der Waals surface area contributed by atoms with Crippen LogP contribution in [-0.2, 0) is 0 Å². The molecule has 2 rings (SSSR count). The fourth-order valence-electron chi connectivity index (χ4n) is 2.00. The van der Waals surface area contributed by atoms with Gasteiger partial charge in [-0.2, -0.15) is 9.37 Å². The number of halogens is 3. The Morgan fingerprint density at radius 1 is 1.41 bits per heavy atom. The summed E-state index contributed by atoms with van der Waals surface area (Å²) in [6.07, 6.45) is 1.01. The quantitative estimate of drug-likeness (QED) is 0.824. The fourth-order valence-corrected chi connectivity index (χ4v) is 2.00. The average Bonchev–Trinajstić information content (AvgIpc) is 2.68. The summed E-state index contributed by atoms with van der Waals surface area (Å²) in [6.45, 7) is 2.43. The van der Waals surface area contributed by atoms with Crippen molar-refractivity contribution in [2.75, 3.05) is 32.0 Å². The molecule has 1 fully saturated rings. The first kappa shape index (κ1) is 12.2. The topological polar surface area (TPSA) is 28.2 Å². The molecule has 0 aliphatic carbocycles. The van der Waals surface area contributed by atoms with Gasteiger partial charge in [0, 0.05) is 19.2 Å². The maximum Gasteiger partial charge on any atom is 0.251 e. The highest BCUT2D eigenvalue weighted by Gasteiger charge is 2.20. The lowest BCUT2D eigenvalue weighted by Gasteiger charge is -2.12. The van der Waals surface area contributed by atoms with Gasteiger partial charge in [-0.15, -0.1) is 0 Å². The molecule has 6 heteroatoms. The number of hydrogen-bond acceptors (Lipinski definition) is 3. The molecule has 17 heavy (non-hydrogen) atoms. The van der Waals surface area contributed by atoms with Gasteiger partial charge in [0.25, 0.3) is 5.95 Å². The Kier molecular flexibility index (Phi) is 3.51. The van der Waals surface area contributed by atoms with Crippen molar-refractivity contribution in [3.8, 4) is 0 Å². The summed E-state index contributed by atoms with van der Waals surface area (Å²) in [5, 5.41) is 2.72. The second-order valence-corrected chi connectivity index (χ2v) is 4.39. The van der Waals surface area contributed by atoms with Crippen molar-refractivity contribution >= 4 is 5.82 Å². The standard InChI is InChI=1S/C11H14F3N3/c1-17-3-2-7(6-17)5-15-11-9(13)4-8(12)10(14)16-11/h4,7H,2-3,5-6H2,1H3,(H,15,16). The first-order valence-corrected chi connectivity index (χ1v) is 5.50. The van der Waals surface area contributed by atoms with E-state index in [1.165, 1.54) is 0 Å². The van der Waals surface area contributed by atoms with E-state index in [4.69, 9.17) is 0 Å². The Morgan fingerprint density at radius 2 is 2.18 bits per heavy atom. The smallest absolute Gasteiger partial charge is 0.251 e. The predicted octanol–water partition coefficient (Wildman–Crippen LogP) is 1.86. The van der Waals surface area contributed by atoms with Crippen LogP contribution in [0.3, 0.4) is 0 Å². The molecule has 0 bridgehead atoms. The van der Waals surface area contributed by atoms with Crippen molar-refractivity contribution in [3.05, 3.63) is 23.6 Å². The van der Waals surface area contributed by atoms with E-state index in [0.717, 1.165) is 19.5 Å². The minimum absolute atomic E-state index is 0.224. The molecule has 1 saturated heterocycles. The van der Waals surface area contributed by atoms with Crippen LogP contribution < -0.4 is 5.32 Å². The van der Waals surface area contributed by atoms with Crippen LogP contribution in [0.15, 0.2) is 6.07 Å². The minimum Gasteiger partial charge on any atom is -0.367 e. The molecule has 1 aromatic heterocycles. The summed E-state index contributed by atoms with van der Waals surface area (Å²) in [4.78, 5) is 5.38. The SMILES string of the molecule is CN1CCC(CNc2nc(F)c(F)cc2F)C1. The van der Waals surface area contributed by atoms with Gasteiger partial charge in [0.15, 0.2) is 17.5 Å². The molecule has 1 unspecified atom stereocenters. The number of hydrogen-bond donors (Lipinski definition) is 1.